The van der Waals surface area contributed by atoms with Crippen LogP contribution < -0.4 is 25.4 Å². The first-order valence-corrected chi connectivity index (χ1v) is 27.2. The molecule has 410 valence electrons. The zero-order valence-electron chi connectivity index (χ0n) is 45.1. The van der Waals surface area contributed by atoms with Crippen molar-refractivity contribution in [1.29, 1.82) is 0 Å². The highest BCUT2D eigenvalue weighted by Crippen LogP contribution is 2.53. The van der Waals surface area contributed by atoms with Crippen LogP contribution in [0.1, 0.15) is 92.3 Å². The van der Waals surface area contributed by atoms with Gasteiger partial charge in [0.2, 0.25) is 11.8 Å². The Morgan fingerprint density at radius 2 is 1.78 bits per heavy atom. The van der Waals surface area contributed by atoms with Gasteiger partial charge in [-0.3, -0.25) is 19.7 Å². The Balaban J connectivity index is 0.840. The van der Waals surface area contributed by atoms with Crippen LogP contribution >= 0.6 is 0 Å². The van der Waals surface area contributed by atoms with Crippen molar-refractivity contribution in [2.45, 2.75) is 102 Å². The lowest BCUT2D eigenvalue weighted by molar-refractivity contribution is -0.144. The molecule has 0 bridgehead atoms. The maximum absolute atomic E-state index is 16.1. The van der Waals surface area contributed by atoms with Gasteiger partial charge < -0.3 is 40.2 Å². The van der Waals surface area contributed by atoms with Crippen molar-refractivity contribution in [2.24, 2.45) is 22.0 Å². The number of fused-ring (bicyclic) bond motifs is 2. The fourth-order valence-corrected chi connectivity index (χ4v) is 11.1. The van der Waals surface area contributed by atoms with Crippen LogP contribution in [0.15, 0.2) is 108 Å². The smallest absolute Gasteiger partial charge is 0.319 e. The highest BCUT2D eigenvalue weighted by molar-refractivity contribution is 6.06. The summed E-state index contributed by atoms with van der Waals surface area (Å²) in [5.74, 6) is 0.300. The second kappa shape index (κ2) is 22.8. The number of carbonyl (C=O) groups is 2. The highest BCUT2D eigenvalue weighted by Gasteiger charge is 2.43. The first kappa shape index (κ1) is 53.1. The van der Waals surface area contributed by atoms with Gasteiger partial charge in [0.1, 0.15) is 48.5 Å². The van der Waals surface area contributed by atoms with Crippen LogP contribution in [0.5, 0.6) is 11.8 Å². The number of rotatable bonds is 19. The molecular weight excluding hydrogens is 1010 g/mol. The van der Waals surface area contributed by atoms with Crippen LogP contribution in [-0.4, -0.2) is 128 Å². The summed E-state index contributed by atoms with van der Waals surface area (Å²) in [6, 6.07) is 20.3. The van der Waals surface area contributed by atoms with Crippen LogP contribution in [-0.2, 0) is 20.9 Å². The van der Waals surface area contributed by atoms with Gasteiger partial charge in [-0.15, -0.1) is 0 Å². The van der Waals surface area contributed by atoms with Gasteiger partial charge in [0.05, 0.1) is 42.7 Å². The zero-order chi connectivity index (χ0) is 54.9. The number of anilines is 1. The SMILES string of the molecule is CO[C@@H](C)COc1nc(N2CC=CC(N)C2)c2cc(C3CC3)c(-c3c(C)c(F)cc4[nH]ncc34)c(OCc3ccc(C4CN(C(C(=O)N5CCCC5C(=O)NC(CO)c5ccc(-c6cccnn6)cc5)C(C)C)N=N4)cc3)c2n1. The summed E-state index contributed by atoms with van der Waals surface area (Å²) in [4.78, 5) is 42.4. The number of H-pyrrole nitrogens is 1. The maximum Gasteiger partial charge on any atom is 0.319 e. The molecule has 1 saturated carbocycles. The van der Waals surface area contributed by atoms with E-state index >= 15 is 4.39 Å². The Morgan fingerprint density at radius 3 is 2.51 bits per heavy atom. The maximum atomic E-state index is 16.1. The summed E-state index contributed by atoms with van der Waals surface area (Å²) >= 11 is 0. The monoisotopic (exact) mass is 1070 g/mol. The van der Waals surface area contributed by atoms with Crippen molar-refractivity contribution in [3.63, 3.8) is 0 Å². The summed E-state index contributed by atoms with van der Waals surface area (Å²) in [7, 11) is 1.62. The number of halogens is 1. The molecule has 6 heterocycles. The van der Waals surface area contributed by atoms with Crippen molar-refractivity contribution in [1.82, 2.24) is 45.6 Å². The van der Waals surface area contributed by atoms with Gasteiger partial charge in [0.25, 0.3) is 0 Å². The van der Waals surface area contributed by atoms with E-state index in [4.69, 9.17) is 29.9 Å². The lowest BCUT2D eigenvalue weighted by Gasteiger charge is -2.34. The lowest BCUT2D eigenvalue weighted by Crippen LogP contribution is -2.54. The summed E-state index contributed by atoms with van der Waals surface area (Å²) in [6.45, 7) is 9.56. The molecule has 4 aliphatic rings. The number of ether oxygens (including phenoxy) is 3. The number of aromatic amines is 1. The van der Waals surface area contributed by atoms with Crippen LogP contribution in [0, 0.1) is 18.7 Å². The van der Waals surface area contributed by atoms with E-state index in [9.17, 15) is 14.7 Å². The number of nitrogens with one attached hydrogen (secondary N) is 2. The minimum Gasteiger partial charge on any atom is -0.486 e. The van der Waals surface area contributed by atoms with Crippen molar-refractivity contribution < 1.29 is 33.3 Å². The third-order valence-electron chi connectivity index (χ3n) is 15.6. The summed E-state index contributed by atoms with van der Waals surface area (Å²) < 4.78 is 34.9. The number of hydrogen-bond acceptors (Lipinski definition) is 16. The fraction of sp³-hybridized carbons (Fsp3) is 0.407. The molecule has 1 saturated heterocycles. The topological polar surface area (TPSA) is 235 Å². The van der Waals surface area contributed by atoms with Gasteiger partial charge in [-0.1, -0.05) is 79.8 Å². The predicted molar refractivity (Wildman–Crippen MR) is 296 cm³/mol. The van der Waals surface area contributed by atoms with Crippen molar-refractivity contribution in [2.75, 3.05) is 51.4 Å². The number of benzene rings is 4. The average molecular weight is 1070 g/mol. The van der Waals surface area contributed by atoms with E-state index in [0.29, 0.717) is 78.4 Å². The van der Waals surface area contributed by atoms with E-state index in [1.54, 1.807) is 36.3 Å². The number of nitrogens with zero attached hydrogens (tertiary/aromatic N) is 10. The Bertz CT molecular complexity index is 3410. The fourth-order valence-electron chi connectivity index (χ4n) is 11.1. The number of aliphatic hydroxyl groups is 1. The third kappa shape index (κ3) is 11.0. The number of aromatic nitrogens is 6. The molecule has 5 N–H and O–H groups in total. The normalized spacial score (nSPS) is 19.4. The molecule has 2 amide bonds. The van der Waals surface area contributed by atoms with E-state index in [1.807, 2.05) is 93.6 Å². The van der Waals surface area contributed by atoms with E-state index in [-0.39, 0.29) is 73.5 Å². The predicted octanol–water partition coefficient (Wildman–Crippen LogP) is 8.24. The molecule has 3 aliphatic heterocycles. The number of nitrogens with two attached hydrogens (primary N) is 1. The first-order chi connectivity index (χ1) is 38.4. The van der Waals surface area contributed by atoms with Gasteiger partial charge in [0.15, 0.2) is 5.75 Å². The Morgan fingerprint density at radius 1 is 0.975 bits per heavy atom. The molecule has 79 heavy (non-hydrogen) atoms. The minimum atomic E-state index is -0.706. The van der Waals surface area contributed by atoms with Crippen LogP contribution in [0.3, 0.4) is 0 Å². The number of carbonyl (C=O) groups excluding carboxylic acids is 2. The molecule has 6 atom stereocenters. The lowest BCUT2D eigenvalue weighted by atomic mass is 9.88. The number of methoxy groups -OCH3 is 1. The molecule has 3 aromatic heterocycles. The second-order valence-electron chi connectivity index (χ2n) is 21.4. The molecule has 1 aliphatic carbocycles. The summed E-state index contributed by atoms with van der Waals surface area (Å²) in [5.41, 5.74) is 14.6. The molecule has 4 aromatic carbocycles. The van der Waals surface area contributed by atoms with Gasteiger partial charge >= 0.3 is 6.01 Å². The van der Waals surface area contributed by atoms with Crippen molar-refractivity contribution in [3.05, 3.63) is 131 Å². The number of hydrogen-bond donors (Lipinski definition) is 4. The van der Waals surface area contributed by atoms with Crippen molar-refractivity contribution >= 4 is 39.4 Å². The molecule has 7 aromatic rings. The molecule has 5 unspecified atom stereocenters. The van der Waals surface area contributed by atoms with Crippen LogP contribution in [0.2, 0.25) is 0 Å². The third-order valence-corrected chi connectivity index (χ3v) is 15.6. The zero-order valence-corrected chi connectivity index (χ0v) is 45.1. The summed E-state index contributed by atoms with van der Waals surface area (Å²) in [6.07, 6.45) is 10.2. The number of likely N-dealkylation sites (tertiary alicyclic amines) is 1. The highest BCUT2D eigenvalue weighted by atomic mass is 19.1. The Kier molecular flexibility index (Phi) is 15.3. The van der Waals surface area contributed by atoms with Gasteiger partial charge in [-0.25, -0.2) is 4.39 Å². The average Bonchev–Trinajstić information content (AvgIpc) is 3.74. The minimum absolute atomic E-state index is 0.134. The van der Waals surface area contributed by atoms with Crippen LogP contribution in [0.4, 0.5) is 10.2 Å². The van der Waals surface area contributed by atoms with Crippen molar-refractivity contribution in [3.8, 4) is 34.1 Å². The van der Waals surface area contributed by atoms with Gasteiger partial charge in [0, 0.05) is 66.4 Å². The molecular formula is C59H66FN13O6. The van der Waals surface area contributed by atoms with Gasteiger partial charge in [-0.05, 0) is 103 Å². The molecule has 19 nitrogen and oxygen atoms in total. The Labute approximate surface area is 457 Å². The van der Waals surface area contributed by atoms with E-state index in [2.05, 4.69) is 47.0 Å². The van der Waals surface area contributed by atoms with E-state index in [1.165, 1.54) is 6.07 Å². The second-order valence-corrected chi connectivity index (χ2v) is 21.4. The molecule has 11 rings (SSSR count). The quantitative estimate of drug-likeness (QED) is 0.0559. The van der Waals surface area contributed by atoms with Gasteiger partial charge in [-0.2, -0.15) is 30.4 Å². The molecule has 0 spiro atoms. The molecule has 20 heteroatoms. The van der Waals surface area contributed by atoms with E-state index in [0.717, 1.165) is 57.0 Å². The summed E-state index contributed by atoms with van der Waals surface area (Å²) in [5, 5.41) is 41.4. The van der Waals surface area contributed by atoms with Crippen LogP contribution in [0.25, 0.3) is 44.2 Å². The van der Waals surface area contributed by atoms with E-state index < -0.39 is 18.1 Å². The molecule has 2 fully saturated rings. The Hall–Kier alpha value is -7.94. The first-order valence-electron chi connectivity index (χ1n) is 27.2. The molecule has 0 radical (unpaired) electrons. The number of amides is 2. The standard InChI is InChI=1S/C59H66FN13O6/c1-33(2)54(58(76)72-24-8-11-50(72)57(75)64-49(30-74)40-20-18-38(19-21-40)46-10-6-22-62-67-46)73-29-48(69-70-73)39-14-12-36(13-15-39)32-78-55-52(51-35(4)45(60)26-47-44(51)27-63-68-47)42(37-16-17-37)25-43-53(55)65-59(79-31-34(3)77-5)66-56(43)71-23-7-9-41(61)28-71/h6-7,9-10,12-15,18-22,25-27,33-34,37,41,48-50,54,74H,8,11,16-17,23-24,28-32,61H2,1-5H3,(H,63,68)(H,64,75)/t34-,41?,48?,49?,50?,54?/m0/s1. The number of aliphatic hydroxyl groups excluding tert-OH is 1. The largest absolute Gasteiger partial charge is 0.486 e.